The van der Waals surface area contributed by atoms with Crippen molar-refractivity contribution in [1.29, 1.82) is 0 Å². The summed E-state index contributed by atoms with van der Waals surface area (Å²) >= 11 is 0. The van der Waals surface area contributed by atoms with Crippen molar-refractivity contribution in [3.63, 3.8) is 0 Å². The topological polar surface area (TPSA) is 68.7 Å². The molecule has 1 amide bonds. The fourth-order valence-electron chi connectivity index (χ4n) is 2.34. The Morgan fingerprint density at radius 3 is 2.43 bits per heavy atom. The number of methoxy groups -OCH3 is 1. The maximum Gasteiger partial charge on any atom is 0.337 e. The summed E-state index contributed by atoms with van der Waals surface area (Å²) in [5.74, 6) is 0.206. The molecule has 0 saturated carbocycles. The smallest absolute Gasteiger partial charge is 0.337 e. The van der Waals surface area contributed by atoms with Crippen molar-refractivity contribution in [3.05, 3.63) is 59.9 Å². The van der Waals surface area contributed by atoms with E-state index >= 15 is 0 Å². The first kappa shape index (κ1) is 15.0. The van der Waals surface area contributed by atoms with Crippen LogP contribution in [0.5, 0.6) is 5.75 Å². The molecular weight excluding hydrogens is 296 g/mol. The molecule has 0 bridgehead atoms. The Morgan fingerprint density at radius 2 is 1.83 bits per heavy atom. The molecule has 1 saturated heterocycles. The Hall–Kier alpha value is -2.89. The number of aromatic nitrogens is 1. The standard InChI is InChI=1S/C17H16N2O4/c1-22-17(21)13-6-4-12(5-7-13)16(20)19-10-15(11-19)23-14-3-2-8-18-9-14/h2-9,15H,10-11H2,1H3. The van der Waals surface area contributed by atoms with E-state index in [4.69, 9.17) is 4.74 Å². The minimum Gasteiger partial charge on any atom is -0.485 e. The highest BCUT2D eigenvalue weighted by atomic mass is 16.5. The van der Waals surface area contributed by atoms with Gasteiger partial charge in [-0.2, -0.15) is 0 Å². The molecule has 0 spiro atoms. The van der Waals surface area contributed by atoms with Crippen LogP contribution in [0.4, 0.5) is 0 Å². The molecule has 0 atom stereocenters. The van der Waals surface area contributed by atoms with Crippen molar-refractivity contribution >= 4 is 11.9 Å². The number of hydrogen-bond donors (Lipinski definition) is 0. The summed E-state index contributed by atoms with van der Waals surface area (Å²) in [6.45, 7) is 1.07. The average Bonchev–Trinajstić information content (AvgIpc) is 2.57. The lowest BCUT2D eigenvalue weighted by Crippen LogP contribution is -2.56. The van der Waals surface area contributed by atoms with Gasteiger partial charge in [-0.15, -0.1) is 0 Å². The zero-order valence-corrected chi connectivity index (χ0v) is 12.6. The first-order valence-electron chi connectivity index (χ1n) is 7.21. The van der Waals surface area contributed by atoms with Gasteiger partial charge in [-0.25, -0.2) is 4.79 Å². The van der Waals surface area contributed by atoms with Gasteiger partial charge in [0.05, 0.1) is 32.0 Å². The van der Waals surface area contributed by atoms with Crippen molar-refractivity contribution in [2.45, 2.75) is 6.10 Å². The summed E-state index contributed by atoms with van der Waals surface area (Å²) in [6.07, 6.45) is 3.31. The molecule has 1 aromatic heterocycles. The van der Waals surface area contributed by atoms with Crippen LogP contribution in [0.2, 0.25) is 0 Å². The molecule has 0 aliphatic carbocycles. The van der Waals surface area contributed by atoms with Crippen LogP contribution in [0, 0.1) is 0 Å². The van der Waals surface area contributed by atoms with Crippen LogP contribution in [0.15, 0.2) is 48.8 Å². The highest BCUT2D eigenvalue weighted by Gasteiger charge is 2.32. The minimum absolute atomic E-state index is 0.0162. The van der Waals surface area contributed by atoms with Gasteiger partial charge in [-0.3, -0.25) is 9.78 Å². The number of hydrogen-bond acceptors (Lipinski definition) is 5. The third-order valence-electron chi connectivity index (χ3n) is 3.63. The maximum atomic E-state index is 12.3. The van der Waals surface area contributed by atoms with Crippen LogP contribution in [0.25, 0.3) is 0 Å². The predicted molar refractivity (Wildman–Crippen MR) is 82.3 cm³/mol. The van der Waals surface area contributed by atoms with Gasteiger partial charge in [0.25, 0.3) is 5.91 Å². The maximum absolute atomic E-state index is 12.3. The number of benzene rings is 1. The summed E-state index contributed by atoms with van der Waals surface area (Å²) in [6, 6.07) is 10.1. The second-order valence-electron chi connectivity index (χ2n) is 5.21. The van der Waals surface area contributed by atoms with Gasteiger partial charge in [0, 0.05) is 11.8 Å². The van der Waals surface area contributed by atoms with Gasteiger partial charge in [-0.1, -0.05) is 0 Å². The molecule has 2 heterocycles. The van der Waals surface area contributed by atoms with Crippen molar-refractivity contribution in [2.75, 3.05) is 20.2 Å². The molecule has 1 fully saturated rings. The molecule has 23 heavy (non-hydrogen) atoms. The zero-order valence-electron chi connectivity index (χ0n) is 12.6. The van der Waals surface area contributed by atoms with Gasteiger partial charge in [0.1, 0.15) is 11.9 Å². The lowest BCUT2D eigenvalue weighted by Gasteiger charge is -2.38. The summed E-state index contributed by atoms with van der Waals surface area (Å²) in [5.41, 5.74) is 0.961. The predicted octanol–water partition coefficient (Wildman–Crippen LogP) is 1.77. The van der Waals surface area contributed by atoms with Crippen molar-refractivity contribution in [3.8, 4) is 5.75 Å². The molecule has 6 nitrogen and oxygen atoms in total. The molecule has 3 rings (SSSR count). The number of carbonyl (C=O) groups excluding carboxylic acids is 2. The fourth-order valence-corrected chi connectivity index (χ4v) is 2.34. The van der Waals surface area contributed by atoms with E-state index in [1.165, 1.54) is 7.11 Å². The normalized spacial score (nSPS) is 14.0. The molecule has 0 unspecified atom stereocenters. The van der Waals surface area contributed by atoms with Crippen LogP contribution < -0.4 is 4.74 Å². The summed E-state index contributed by atoms with van der Waals surface area (Å²) in [7, 11) is 1.32. The third kappa shape index (κ3) is 3.31. The third-order valence-corrected chi connectivity index (χ3v) is 3.63. The van der Waals surface area contributed by atoms with Crippen molar-refractivity contribution in [1.82, 2.24) is 9.88 Å². The second-order valence-corrected chi connectivity index (χ2v) is 5.21. The Balaban J connectivity index is 1.55. The Bertz CT molecular complexity index is 694. The van der Waals surface area contributed by atoms with Crippen LogP contribution in [0.1, 0.15) is 20.7 Å². The van der Waals surface area contributed by atoms with Gasteiger partial charge < -0.3 is 14.4 Å². The number of likely N-dealkylation sites (tertiary alicyclic amines) is 1. The highest BCUT2D eigenvalue weighted by Crippen LogP contribution is 2.19. The molecule has 2 aromatic rings. The first-order chi connectivity index (χ1) is 11.2. The van der Waals surface area contributed by atoms with Crippen LogP contribution in [-0.2, 0) is 4.74 Å². The van der Waals surface area contributed by atoms with E-state index in [9.17, 15) is 9.59 Å². The Kier molecular flexibility index (Phi) is 4.23. The quantitative estimate of drug-likeness (QED) is 0.805. The molecule has 6 heteroatoms. The number of nitrogens with zero attached hydrogens (tertiary/aromatic N) is 2. The van der Waals surface area contributed by atoms with Gasteiger partial charge in [0.2, 0.25) is 0 Å². The summed E-state index contributed by atoms with van der Waals surface area (Å²) in [4.78, 5) is 29.4. The van der Waals surface area contributed by atoms with E-state index in [1.807, 2.05) is 6.07 Å². The average molecular weight is 312 g/mol. The van der Waals surface area contributed by atoms with Crippen molar-refractivity contribution in [2.24, 2.45) is 0 Å². The highest BCUT2D eigenvalue weighted by molar-refractivity contribution is 5.96. The molecule has 1 aromatic carbocycles. The van der Waals surface area contributed by atoms with E-state index in [1.54, 1.807) is 47.6 Å². The van der Waals surface area contributed by atoms with Crippen LogP contribution >= 0.6 is 0 Å². The van der Waals surface area contributed by atoms with Crippen LogP contribution in [-0.4, -0.2) is 48.1 Å². The van der Waals surface area contributed by atoms with E-state index in [-0.39, 0.29) is 12.0 Å². The number of pyridine rings is 1. The molecule has 0 radical (unpaired) electrons. The summed E-state index contributed by atoms with van der Waals surface area (Å²) < 4.78 is 10.3. The Morgan fingerprint density at radius 1 is 1.13 bits per heavy atom. The number of ether oxygens (including phenoxy) is 2. The fraction of sp³-hybridized carbons (Fsp3) is 0.235. The minimum atomic E-state index is -0.419. The summed E-state index contributed by atoms with van der Waals surface area (Å²) in [5, 5.41) is 0. The van der Waals surface area contributed by atoms with E-state index in [0.717, 1.165) is 0 Å². The molecular formula is C17H16N2O4. The number of esters is 1. The monoisotopic (exact) mass is 312 g/mol. The Labute approximate surface area is 133 Å². The largest absolute Gasteiger partial charge is 0.485 e. The zero-order chi connectivity index (χ0) is 16.2. The van der Waals surface area contributed by atoms with Gasteiger partial charge in [-0.05, 0) is 36.4 Å². The second kappa shape index (κ2) is 6.48. The number of carbonyl (C=O) groups is 2. The molecule has 1 aliphatic heterocycles. The molecule has 1 aliphatic rings. The lowest BCUT2D eigenvalue weighted by atomic mass is 10.1. The SMILES string of the molecule is COC(=O)c1ccc(C(=O)N2CC(Oc3cccnc3)C2)cc1. The van der Waals surface area contributed by atoms with E-state index in [0.29, 0.717) is 30.0 Å². The van der Waals surface area contributed by atoms with Crippen molar-refractivity contribution < 1.29 is 19.1 Å². The lowest BCUT2D eigenvalue weighted by molar-refractivity contribution is 0.0176. The molecule has 118 valence electrons. The number of amides is 1. The van der Waals surface area contributed by atoms with Gasteiger partial charge >= 0.3 is 5.97 Å². The van der Waals surface area contributed by atoms with Gasteiger partial charge in [0.15, 0.2) is 0 Å². The number of rotatable bonds is 4. The van der Waals surface area contributed by atoms with E-state index < -0.39 is 5.97 Å². The molecule has 0 N–H and O–H groups in total. The first-order valence-corrected chi connectivity index (χ1v) is 7.21. The van der Waals surface area contributed by atoms with E-state index in [2.05, 4.69) is 9.72 Å². The van der Waals surface area contributed by atoms with Crippen LogP contribution in [0.3, 0.4) is 0 Å².